The maximum Gasteiger partial charge on any atom is 0.360 e. The number of benzene rings is 2. The highest BCUT2D eigenvalue weighted by Crippen LogP contribution is 2.32. The van der Waals surface area contributed by atoms with Crippen LogP contribution in [-0.4, -0.2) is 28.5 Å². The first kappa shape index (κ1) is 15.5. The third-order valence-electron chi connectivity index (χ3n) is 3.32. The molecule has 0 bridgehead atoms. The van der Waals surface area contributed by atoms with Crippen LogP contribution in [0.15, 0.2) is 42.5 Å². The first-order chi connectivity index (χ1) is 11.1. The van der Waals surface area contributed by atoms with Crippen LogP contribution in [0.1, 0.15) is 10.5 Å². The molecule has 0 aliphatic heterocycles. The highest BCUT2D eigenvalue weighted by atomic mass is 35.5. The molecule has 0 radical (unpaired) electrons. The van der Waals surface area contributed by atoms with Crippen LogP contribution in [0, 0.1) is 0 Å². The maximum atomic E-state index is 11.7. The number of methoxy groups -OCH3 is 1. The fourth-order valence-electron chi connectivity index (χ4n) is 2.20. The van der Waals surface area contributed by atoms with Crippen molar-refractivity contribution >= 4 is 29.2 Å². The van der Waals surface area contributed by atoms with Gasteiger partial charge in [-0.05, 0) is 23.8 Å². The Morgan fingerprint density at radius 3 is 2.39 bits per heavy atom. The number of nitrogens with one attached hydrogen (secondary N) is 1. The van der Waals surface area contributed by atoms with E-state index < -0.39 is 5.97 Å². The molecule has 3 rings (SSSR count). The number of aromatic nitrogens is 3. The molecule has 0 aliphatic carbocycles. The SMILES string of the molecule is COC(=O)c1n[nH]nc1-c1ccc(-c2ccc(Cl)cc2)c(Cl)c1. The highest BCUT2D eigenvalue weighted by molar-refractivity contribution is 6.33. The van der Waals surface area contributed by atoms with E-state index in [4.69, 9.17) is 23.2 Å². The first-order valence-electron chi connectivity index (χ1n) is 6.65. The molecule has 7 heteroatoms. The molecule has 0 saturated carbocycles. The van der Waals surface area contributed by atoms with Gasteiger partial charge in [0, 0.05) is 21.2 Å². The predicted molar refractivity (Wildman–Crippen MR) is 88.6 cm³/mol. The third-order valence-corrected chi connectivity index (χ3v) is 3.89. The van der Waals surface area contributed by atoms with Crippen LogP contribution in [0.2, 0.25) is 10.0 Å². The number of ether oxygens (including phenoxy) is 1. The summed E-state index contributed by atoms with van der Waals surface area (Å²) in [5.74, 6) is -0.563. The molecule has 0 spiro atoms. The largest absolute Gasteiger partial charge is 0.464 e. The number of halogens is 2. The van der Waals surface area contributed by atoms with Crippen molar-refractivity contribution in [1.29, 1.82) is 0 Å². The van der Waals surface area contributed by atoms with E-state index in [0.717, 1.165) is 11.1 Å². The zero-order valence-corrected chi connectivity index (χ0v) is 13.5. The van der Waals surface area contributed by atoms with E-state index in [0.29, 0.717) is 21.3 Å². The van der Waals surface area contributed by atoms with E-state index in [2.05, 4.69) is 20.1 Å². The normalized spacial score (nSPS) is 10.6. The van der Waals surface area contributed by atoms with Crippen molar-refractivity contribution in [2.45, 2.75) is 0 Å². The summed E-state index contributed by atoms with van der Waals surface area (Å²) in [5.41, 5.74) is 2.97. The van der Waals surface area contributed by atoms with Gasteiger partial charge in [-0.15, -0.1) is 5.10 Å². The lowest BCUT2D eigenvalue weighted by Crippen LogP contribution is -2.03. The predicted octanol–water partition coefficient (Wildman–Crippen LogP) is 4.23. The minimum Gasteiger partial charge on any atom is -0.464 e. The van der Waals surface area contributed by atoms with Gasteiger partial charge in [0.25, 0.3) is 0 Å². The van der Waals surface area contributed by atoms with Gasteiger partial charge in [-0.3, -0.25) is 0 Å². The van der Waals surface area contributed by atoms with Crippen molar-refractivity contribution in [2.75, 3.05) is 7.11 Å². The molecule has 1 N–H and O–H groups in total. The molecule has 23 heavy (non-hydrogen) atoms. The molecule has 1 heterocycles. The van der Waals surface area contributed by atoms with Gasteiger partial charge in [-0.1, -0.05) is 47.5 Å². The monoisotopic (exact) mass is 347 g/mol. The number of carbonyl (C=O) groups excluding carboxylic acids is 1. The Balaban J connectivity index is 2.01. The van der Waals surface area contributed by atoms with Crippen molar-refractivity contribution in [3.8, 4) is 22.4 Å². The second-order valence-electron chi connectivity index (χ2n) is 4.71. The number of carbonyl (C=O) groups is 1. The minimum absolute atomic E-state index is 0.114. The molecule has 0 amide bonds. The Hall–Kier alpha value is -2.37. The first-order valence-corrected chi connectivity index (χ1v) is 7.40. The Kier molecular flexibility index (Phi) is 4.32. The number of hydrogen-bond acceptors (Lipinski definition) is 4. The number of hydrogen-bond donors (Lipinski definition) is 1. The second kappa shape index (κ2) is 6.40. The van der Waals surface area contributed by atoms with Crippen molar-refractivity contribution in [3.63, 3.8) is 0 Å². The molecule has 2 aromatic carbocycles. The number of aromatic amines is 1. The molecule has 0 unspecified atom stereocenters. The van der Waals surface area contributed by atoms with Gasteiger partial charge in [0.15, 0.2) is 5.69 Å². The van der Waals surface area contributed by atoms with Gasteiger partial charge in [0.2, 0.25) is 0 Å². The van der Waals surface area contributed by atoms with Crippen LogP contribution >= 0.6 is 23.2 Å². The fourth-order valence-corrected chi connectivity index (χ4v) is 2.61. The number of H-pyrrole nitrogens is 1. The quantitative estimate of drug-likeness (QED) is 0.719. The number of nitrogens with zero attached hydrogens (tertiary/aromatic N) is 2. The smallest absolute Gasteiger partial charge is 0.360 e. The van der Waals surface area contributed by atoms with Gasteiger partial charge < -0.3 is 4.74 Å². The molecule has 0 aliphatic rings. The van der Waals surface area contributed by atoms with Crippen LogP contribution in [0.4, 0.5) is 0 Å². The van der Waals surface area contributed by atoms with Gasteiger partial charge in [0.05, 0.1) is 7.11 Å². The Bertz CT molecular complexity index is 860. The molecule has 0 saturated heterocycles. The Morgan fingerprint density at radius 1 is 1.04 bits per heavy atom. The van der Waals surface area contributed by atoms with Gasteiger partial charge in [0.1, 0.15) is 5.69 Å². The van der Waals surface area contributed by atoms with E-state index >= 15 is 0 Å². The van der Waals surface area contributed by atoms with E-state index in [1.807, 2.05) is 24.3 Å². The van der Waals surface area contributed by atoms with Crippen LogP contribution in [0.3, 0.4) is 0 Å². The summed E-state index contributed by atoms with van der Waals surface area (Å²) in [6, 6.07) is 12.8. The molecule has 116 valence electrons. The lowest BCUT2D eigenvalue weighted by molar-refractivity contribution is 0.0595. The summed E-state index contributed by atoms with van der Waals surface area (Å²) >= 11 is 12.3. The maximum absolute atomic E-state index is 11.7. The van der Waals surface area contributed by atoms with Crippen LogP contribution in [-0.2, 0) is 4.74 Å². The Morgan fingerprint density at radius 2 is 1.74 bits per heavy atom. The van der Waals surface area contributed by atoms with Crippen LogP contribution < -0.4 is 0 Å². The summed E-state index contributed by atoms with van der Waals surface area (Å²) in [6.07, 6.45) is 0. The Labute approximate surface area is 142 Å². The van der Waals surface area contributed by atoms with Gasteiger partial charge in [-0.2, -0.15) is 10.3 Å². The summed E-state index contributed by atoms with van der Waals surface area (Å²) < 4.78 is 4.68. The molecule has 1 aromatic heterocycles. The summed E-state index contributed by atoms with van der Waals surface area (Å²) in [4.78, 5) is 11.7. The molecular formula is C16H11Cl2N3O2. The van der Waals surface area contributed by atoms with E-state index in [9.17, 15) is 4.79 Å². The van der Waals surface area contributed by atoms with E-state index in [1.54, 1.807) is 18.2 Å². The molecular weight excluding hydrogens is 337 g/mol. The van der Waals surface area contributed by atoms with E-state index in [1.165, 1.54) is 7.11 Å². The van der Waals surface area contributed by atoms with E-state index in [-0.39, 0.29) is 5.69 Å². The van der Waals surface area contributed by atoms with Crippen molar-refractivity contribution in [3.05, 3.63) is 58.2 Å². The standard InChI is InChI=1S/C16H11Cl2N3O2/c1-23-16(22)15-14(19-21-20-15)10-4-7-12(13(18)8-10)9-2-5-11(17)6-3-9/h2-8H,1H3,(H,19,20,21). The second-order valence-corrected chi connectivity index (χ2v) is 5.56. The number of esters is 1. The lowest BCUT2D eigenvalue weighted by Gasteiger charge is -2.07. The lowest BCUT2D eigenvalue weighted by atomic mass is 10.0. The van der Waals surface area contributed by atoms with Crippen molar-refractivity contribution in [1.82, 2.24) is 15.4 Å². The summed E-state index contributed by atoms with van der Waals surface area (Å²) in [7, 11) is 1.29. The molecule has 5 nitrogen and oxygen atoms in total. The highest BCUT2D eigenvalue weighted by Gasteiger charge is 2.19. The van der Waals surface area contributed by atoms with Crippen LogP contribution in [0.25, 0.3) is 22.4 Å². The van der Waals surface area contributed by atoms with Gasteiger partial charge in [-0.25, -0.2) is 4.79 Å². The third kappa shape index (κ3) is 3.06. The minimum atomic E-state index is -0.563. The number of rotatable bonds is 3. The average molecular weight is 348 g/mol. The van der Waals surface area contributed by atoms with Crippen molar-refractivity contribution in [2.24, 2.45) is 0 Å². The molecule has 3 aromatic rings. The molecule has 0 fully saturated rings. The summed E-state index contributed by atoms with van der Waals surface area (Å²) in [5, 5.41) is 11.4. The van der Waals surface area contributed by atoms with Crippen LogP contribution in [0.5, 0.6) is 0 Å². The summed E-state index contributed by atoms with van der Waals surface area (Å²) in [6.45, 7) is 0. The van der Waals surface area contributed by atoms with Gasteiger partial charge >= 0.3 is 5.97 Å². The average Bonchev–Trinajstić information content (AvgIpc) is 3.04. The fraction of sp³-hybridized carbons (Fsp3) is 0.0625. The van der Waals surface area contributed by atoms with Crippen molar-refractivity contribution < 1.29 is 9.53 Å². The molecule has 0 atom stereocenters. The topological polar surface area (TPSA) is 67.9 Å². The zero-order valence-electron chi connectivity index (χ0n) is 12.0. The zero-order chi connectivity index (χ0) is 16.4.